The number of rotatable bonds is 3. The second-order valence-electron chi connectivity index (χ2n) is 10.2. The van der Waals surface area contributed by atoms with Crippen molar-refractivity contribution in [3.63, 3.8) is 0 Å². The van der Waals surface area contributed by atoms with E-state index in [1.54, 1.807) is 0 Å². The van der Waals surface area contributed by atoms with Gasteiger partial charge in [0.25, 0.3) is 0 Å². The number of aliphatic hydroxyl groups excluding tert-OH is 2. The van der Waals surface area contributed by atoms with Crippen molar-refractivity contribution < 1.29 is 55.4 Å². The molecule has 212 valence electrons. The summed E-state index contributed by atoms with van der Waals surface area (Å²) in [6.45, 7) is 0. The summed E-state index contributed by atoms with van der Waals surface area (Å²) in [6, 6.07) is 13.1. The first kappa shape index (κ1) is 26.2. The molecule has 0 unspecified atom stereocenters. The zero-order valence-electron chi connectivity index (χ0n) is 21.2. The predicted molar refractivity (Wildman–Crippen MR) is 142 cm³/mol. The number of fused-ring (bicyclic) bond motifs is 2. The summed E-state index contributed by atoms with van der Waals surface area (Å²) < 4.78 is 12.2. The standard InChI is InChI=1S/C30H26O11/c31-14-3-4-15-24(9-14)40-29(13-2-6-18(33)21(36)8-13)27(39)25(15)26-22(37)11-19(34)16-10-23(38)28(41-30(16)26)12-1-5-17(32)20(35)7-12/h1-9,11,23,25,27-29,31-39H,10H2/t23-,25-,27-,28+,29+/m0/s1. The summed E-state index contributed by atoms with van der Waals surface area (Å²) >= 11 is 0. The van der Waals surface area contributed by atoms with Crippen molar-refractivity contribution in [2.45, 2.75) is 36.8 Å². The molecule has 0 amide bonds. The third-order valence-corrected chi connectivity index (χ3v) is 7.59. The smallest absolute Gasteiger partial charge is 0.157 e. The van der Waals surface area contributed by atoms with Gasteiger partial charge in [0, 0.05) is 41.2 Å². The van der Waals surface area contributed by atoms with Crippen LogP contribution in [0.4, 0.5) is 0 Å². The Balaban J connectivity index is 1.53. The van der Waals surface area contributed by atoms with E-state index in [1.807, 2.05) is 0 Å². The van der Waals surface area contributed by atoms with Crippen LogP contribution in [0.25, 0.3) is 0 Å². The SMILES string of the molecule is Oc1ccc2c(c1)O[C@H](c1ccc(O)c(O)c1)[C@@H](O)[C@@H]2c1c(O)cc(O)c2c1O[C@H](c1ccc(O)c(O)c1)[C@@H](O)C2. The van der Waals surface area contributed by atoms with Crippen LogP contribution in [-0.4, -0.2) is 58.2 Å². The number of benzene rings is 4. The molecule has 2 aliphatic rings. The van der Waals surface area contributed by atoms with Gasteiger partial charge in [-0.05, 0) is 41.5 Å². The Kier molecular flexibility index (Phi) is 6.13. The Hall–Kier alpha value is -5.00. The van der Waals surface area contributed by atoms with Gasteiger partial charge in [-0.1, -0.05) is 18.2 Å². The van der Waals surface area contributed by atoms with E-state index in [0.717, 1.165) is 6.07 Å². The molecule has 0 saturated heterocycles. The minimum atomic E-state index is -1.43. The van der Waals surface area contributed by atoms with Gasteiger partial charge < -0.3 is 55.4 Å². The summed E-state index contributed by atoms with van der Waals surface area (Å²) in [5.41, 5.74) is 1.19. The monoisotopic (exact) mass is 562 g/mol. The topological polar surface area (TPSA) is 201 Å². The van der Waals surface area contributed by atoms with Crippen LogP contribution in [0.5, 0.6) is 51.7 Å². The molecule has 4 aromatic rings. The highest BCUT2D eigenvalue weighted by atomic mass is 16.5. The zero-order valence-corrected chi connectivity index (χ0v) is 21.2. The molecule has 5 atom stereocenters. The molecule has 41 heavy (non-hydrogen) atoms. The molecular weight excluding hydrogens is 536 g/mol. The van der Waals surface area contributed by atoms with Crippen molar-refractivity contribution in [1.82, 2.24) is 0 Å². The number of aromatic hydroxyl groups is 7. The number of ether oxygens (including phenoxy) is 2. The second kappa shape index (κ2) is 9.58. The van der Waals surface area contributed by atoms with E-state index in [2.05, 4.69) is 0 Å². The van der Waals surface area contributed by atoms with E-state index in [4.69, 9.17) is 9.47 Å². The van der Waals surface area contributed by atoms with Crippen LogP contribution in [0.1, 0.15) is 45.9 Å². The Morgan fingerprint density at radius 2 is 1.22 bits per heavy atom. The maximum atomic E-state index is 11.7. The van der Waals surface area contributed by atoms with E-state index in [0.29, 0.717) is 11.1 Å². The van der Waals surface area contributed by atoms with Crippen molar-refractivity contribution in [3.8, 4) is 51.7 Å². The van der Waals surface area contributed by atoms with Crippen LogP contribution in [0.2, 0.25) is 0 Å². The third kappa shape index (κ3) is 4.31. The van der Waals surface area contributed by atoms with Gasteiger partial charge in [-0.3, -0.25) is 0 Å². The molecule has 11 nitrogen and oxygen atoms in total. The number of hydrogen-bond donors (Lipinski definition) is 9. The zero-order chi connectivity index (χ0) is 29.2. The summed E-state index contributed by atoms with van der Waals surface area (Å²) in [6.07, 6.45) is -4.97. The molecule has 0 radical (unpaired) electrons. The van der Waals surface area contributed by atoms with Crippen molar-refractivity contribution >= 4 is 0 Å². The molecule has 0 fully saturated rings. The van der Waals surface area contributed by atoms with Crippen molar-refractivity contribution in [2.75, 3.05) is 0 Å². The molecule has 6 rings (SSSR count). The first-order chi connectivity index (χ1) is 19.5. The lowest BCUT2D eigenvalue weighted by Crippen LogP contribution is -2.36. The molecule has 0 saturated carbocycles. The van der Waals surface area contributed by atoms with E-state index in [1.165, 1.54) is 54.6 Å². The van der Waals surface area contributed by atoms with Gasteiger partial charge in [0.1, 0.15) is 41.0 Å². The molecular formula is C30H26O11. The first-order valence-corrected chi connectivity index (χ1v) is 12.7. The molecule has 9 N–H and O–H groups in total. The number of hydrogen-bond acceptors (Lipinski definition) is 11. The molecule has 2 heterocycles. The van der Waals surface area contributed by atoms with Crippen LogP contribution in [0.15, 0.2) is 60.7 Å². The van der Waals surface area contributed by atoms with Crippen molar-refractivity contribution in [1.29, 1.82) is 0 Å². The Morgan fingerprint density at radius 1 is 0.585 bits per heavy atom. The molecule has 0 aliphatic carbocycles. The molecule has 0 bridgehead atoms. The highest BCUT2D eigenvalue weighted by molar-refractivity contribution is 5.63. The van der Waals surface area contributed by atoms with Gasteiger partial charge in [0.05, 0.1) is 6.10 Å². The van der Waals surface area contributed by atoms with Gasteiger partial charge in [-0.15, -0.1) is 0 Å². The van der Waals surface area contributed by atoms with Crippen molar-refractivity contribution in [2.24, 2.45) is 0 Å². The molecule has 0 spiro atoms. The fourth-order valence-corrected chi connectivity index (χ4v) is 5.61. The van der Waals surface area contributed by atoms with Crippen LogP contribution >= 0.6 is 0 Å². The average molecular weight is 563 g/mol. The second-order valence-corrected chi connectivity index (χ2v) is 10.2. The third-order valence-electron chi connectivity index (χ3n) is 7.59. The van der Waals surface area contributed by atoms with Crippen LogP contribution < -0.4 is 9.47 Å². The van der Waals surface area contributed by atoms with Gasteiger partial charge in [-0.2, -0.15) is 0 Å². The van der Waals surface area contributed by atoms with E-state index in [9.17, 15) is 46.0 Å². The summed E-state index contributed by atoms with van der Waals surface area (Å²) in [5.74, 6) is -3.45. The lowest BCUT2D eigenvalue weighted by atomic mass is 9.78. The predicted octanol–water partition coefficient (Wildman–Crippen LogP) is 3.29. The van der Waals surface area contributed by atoms with Gasteiger partial charge in [0.2, 0.25) is 0 Å². The van der Waals surface area contributed by atoms with Gasteiger partial charge in [-0.25, -0.2) is 0 Å². The maximum Gasteiger partial charge on any atom is 0.157 e. The Morgan fingerprint density at radius 3 is 1.85 bits per heavy atom. The van der Waals surface area contributed by atoms with Gasteiger partial charge in [0.15, 0.2) is 29.1 Å². The quantitative estimate of drug-likeness (QED) is 0.166. The average Bonchev–Trinajstić information content (AvgIpc) is 2.93. The molecule has 4 aromatic carbocycles. The van der Waals surface area contributed by atoms with Crippen molar-refractivity contribution in [3.05, 3.63) is 88.5 Å². The fourth-order valence-electron chi connectivity index (χ4n) is 5.61. The van der Waals surface area contributed by atoms with E-state index >= 15 is 0 Å². The normalized spacial score (nSPS) is 23.1. The van der Waals surface area contributed by atoms with Crippen LogP contribution in [0.3, 0.4) is 0 Å². The minimum Gasteiger partial charge on any atom is -0.508 e. The minimum absolute atomic E-state index is 0.0114. The first-order valence-electron chi connectivity index (χ1n) is 12.7. The van der Waals surface area contributed by atoms with Gasteiger partial charge >= 0.3 is 0 Å². The highest BCUT2D eigenvalue weighted by Gasteiger charge is 2.44. The van der Waals surface area contributed by atoms with Crippen LogP contribution in [0, 0.1) is 0 Å². The number of phenols is 7. The number of aliphatic hydroxyl groups is 2. The molecule has 2 aliphatic heterocycles. The lowest BCUT2D eigenvalue weighted by Gasteiger charge is -2.40. The van der Waals surface area contributed by atoms with E-state index < -0.39 is 47.6 Å². The van der Waals surface area contributed by atoms with Crippen LogP contribution in [-0.2, 0) is 6.42 Å². The highest BCUT2D eigenvalue weighted by Crippen LogP contribution is 2.55. The molecule has 11 heteroatoms. The van der Waals surface area contributed by atoms with E-state index in [-0.39, 0.29) is 57.6 Å². The summed E-state index contributed by atoms with van der Waals surface area (Å²) in [5, 5.41) is 94.4. The lowest BCUT2D eigenvalue weighted by molar-refractivity contribution is 0.00186. The maximum absolute atomic E-state index is 11.7. The fraction of sp³-hybridized carbons (Fsp3) is 0.200. The summed E-state index contributed by atoms with van der Waals surface area (Å²) in [7, 11) is 0. The Bertz CT molecular complexity index is 1670. The Labute approximate surface area is 232 Å². The summed E-state index contributed by atoms with van der Waals surface area (Å²) in [4.78, 5) is 0. The number of phenolic OH excluding ortho intramolecular Hbond substituents is 7. The molecule has 0 aromatic heterocycles. The largest absolute Gasteiger partial charge is 0.508 e.